The number of nitrogens with one attached hydrogen (secondary N) is 1. The topological polar surface area (TPSA) is 91.3 Å². The first kappa shape index (κ1) is 17.5. The number of benzene rings is 2. The maximum absolute atomic E-state index is 5.70. The van der Waals surface area contributed by atoms with Gasteiger partial charge in [0.05, 0.1) is 32.1 Å². The van der Waals surface area contributed by atoms with Crippen LogP contribution in [0, 0.1) is 0 Å². The van der Waals surface area contributed by atoms with Crippen LogP contribution in [0.15, 0.2) is 61.4 Å². The summed E-state index contributed by atoms with van der Waals surface area (Å²) in [7, 11) is 3.19. The van der Waals surface area contributed by atoms with E-state index in [-0.39, 0.29) is 0 Å². The minimum atomic E-state index is 0.575. The summed E-state index contributed by atoms with van der Waals surface area (Å²) >= 11 is 0. The molecule has 2 heterocycles. The molecule has 0 amide bonds. The molecule has 4 aromatic rings. The lowest BCUT2D eigenvalue weighted by atomic mass is 10.2. The van der Waals surface area contributed by atoms with Crippen molar-refractivity contribution in [3.05, 3.63) is 61.4 Å². The molecule has 140 valence electrons. The highest BCUT2D eigenvalue weighted by molar-refractivity contribution is 5.93. The van der Waals surface area contributed by atoms with Crippen molar-refractivity contribution >= 4 is 22.4 Å². The fourth-order valence-electron chi connectivity index (χ4n) is 2.70. The lowest BCUT2D eigenvalue weighted by molar-refractivity contribution is 0.356. The SMILES string of the molecule is COc1cc2ncnc(Nc3ccc(Oc4cncnc4)cc3)c2cc1OC. The van der Waals surface area contributed by atoms with E-state index in [1.165, 1.54) is 12.7 Å². The van der Waals surface area contributed by atoms with E-state index in [1.54, 1.807) is 26.6 Å². The second kappa shape index (κ2) is 7.75. The Morgan fingerprint density at radius 2 is 1.50 bits per heavy atom. The van der Waals surface area contributed by atoms with E-state index in [0.717, 1.165) is 16.6 Å². The van der Waals surface area contributed by atoms with Gasteiger partial charge in [0.25, 0.3) is 0 Å². The molecule has 0 aliphatic rings. The van der Waals surface area contributed by atoms with Crippen LogP contribution in [0.2, 0.25) is 0 Å². The standard InChI is InChI=1S/C20H17N5O3/c1-26-18-7-16-17(8-19(18)27-2)23-12-24-20(16)25-13-3-5-14(6-4-13)28-15-9-21-11-22-10-15/h3-12H,1-2H3,(H,23,24,25). The van der Waals surface area contributed by atoms with Crippen LogP contribution in [0.4, 0.5) is 11.5 Å². The van der Waals surface area contributed by atoms with Crippen LogP contribution < -0.4 is 19.5 Å². The summed E-state index contributed by atoms with van der Waals surface area (Å²) in [5.74, 6) is 3.15. The molecule has 0 atom stereocenters. The number of hydrogen-bond acceptors (Lipinski definition) is 8. The molecule has 0 bridgehead atoms. The van der Waals surface area contributed by atoms with Crippen molar-refractivity contribution in [2.75, 3.05) is 19.5 Å². The molecule has 0 aliphatic heterocycles. The first-order valence-electron chi connectivity index (χ1n) is 8.43. The Morgan fingerprint density at radius 3 is 2.21 bits per heavy atom. The van der Waals surface area contributed by atoms with Gasteiger partial charge < -0.3 is 19.5 Å². The summed E-state index contributed by atoms with van der Waals surface area (Å²) in [4.78, 5) is 16.5. The van der Waals surface area contributed by atoms with Crippen LogP contribution in [-0.4, -0.2) is 34.2 Å². The molecule has 0 spiro atoms. The molecule has 8 nitrogen and oxygen atoms in total. The van der Waals surface area contributed by atoms with Crippen LogP contribution in [0.3, 0.4) is 0 Å². The molecule has 0 aliphatic carbocycles. The largest absolute Gasteiger partial charge is 0.493 e. The Kier molecular flexibility index (Phi) is 4.83. The number of nitrogens with zero attached hydrogens (tertiary/aromatic N) is 4. The predicted molar refractivity (Wildman–Crippen MR) is 104 cm³/mol. The summed E-state index contributed by atoms with van der Waals surface area (Å²) in [5.41, 5.74) is 1.60. The van der Waals surface area contributed by atoms with Crippen LogP contribution in [-0.2, 0) is 0 Å². The van der Waals surface area contributed by atoms with E-state index in [0.29, 0.717) is 28.8 Å². The van der Waals surface area contributed by atoms with Crippen molar-refractivity contribution in [3.63, 3.8) is 0 Å². The maximum atomic E-state index is 5.70. The summed E-state index contributed by atoms with van der Waals surface area (Å²) in [6.07, 6.45) is 6.17. The molecule has 1 N–H and O–H groups in total. The third kappa shape index (κ3) is 3.61. The van der Waals surface area contributed by atoms with Crippen molar-refractivity contribution in [1.29, 1.82) is 0 Å². The number of ether oxygens (including phenoxy) is 3. The van der Waals surface area contributed by atoms with Crippen LogP contribution in [0.1, 0.15) is 0 Å². The van der Waals surface area contributed by atoms with Gasteiger partial charge in [0.2, 0.25) is 0 Å². The van der Waals surface area contributed by atoms with E-state index < -0.39 is 0 Å². The number of aromatic nitrogens is 4. The van der Waals surface area contributed by atoms with Gasteiger partial charge in [0.1, 0.15) is 24.2 Å². The third-order valence-corrected chi connectivity index (χ3v) is 4.03. The minimum absolute atomic E-state index is 0.575. The van der Waals surface area contributed by atoms with Gasteiger partial charge >= 0.3 is 0 Å². The van der Waals surface area contributed by atoms with Gasteiger partial charge in [-0.1, -0.05) is 0 Å². The van der Waals surface area contributed by atoms with Gasteiger partial charge in [-0.3, -0.25) is 0 Å². The molecule has 0 fully saturated rings. The molecule has 2 aromatic heterocycles. The van der Waals surface area contributed by atoms with E-state index in [1.807, 2.05) is 36.4 Å². The van der Waals surface area contributed by atoms with Gasteiger partial charge in [-0.05, 0) is 30.3 Å². The summed E-state index contributed by atoms with van der Waals surface area (Å²) in [6, 6.07) is 11.2. The maximum Gasteiger partial charge on any atom is 0.163 e. The number of methoxy groups -OCH3 is 2. The van der Waals surface area contributed by atoms with Crippen LogP contribution in [0.5, 0.6) is 23.0 Å². The Morgan fingerprint density at radius 1 is 0.786 bits per heavy atom. The molecule has 4 rings (SSSR count). The van der Waals surface area contributed by atoms with E-state index in [4.69, 9.17) is 14.2 Å². The number of rotatable bonds is 6. The fraction of sp³-hybridized carbons (Fsp3) is 0.100. The highest BCUT2D eigenvalue weighted by Crippen LogP contribution is 2.34. The molecule has 0 saturated carbocycles. The van der Waals surface area contributed by atoms with Crippen molar-refractivity contribution in [2.24, 2.45) is 0 Å². The number of hydrogen-bond donors (Lipinski definition) is 1. The van der Waals surface area contributed by atoms with Gasteiger partial charge in [-0.25, -0.2) is 19.9 Å². The van der Waals surface area contributed by atoms with Crippen molar-refractivity contribution in [2.45, 2.75) is 0 Å². The van der Waals surface area contributed by atoms with E-state index >= 15 is 0 Å². The second-order valence-electron chi connectivity index (χ2n) is 5.77. The van der Waals surface area contributed by atoms with E-state index in [2.05, 4.69) is 25.3 Å². The molecular formula is C20H17N5O3. The average Bonchev–Trinajstić information content (AvgIpc) is 2.75. The lowest BCUT2D eigenvalue weighted by Gasteiger charge is -2.12. The van der Waals surface area contributed by atoms with Crippen molar-refractivity contribution < 1.29 is 14.2 Å². The Bertz CT molecular complexity index is 1090. The third-order valence-electron chi connectivity index (χ3n) is 4.03. The number of anilines is 2. The first-order valence-corrected chi connectivity index (χ1v) is 8.43. The minimum Gasteiger partial charge on any atom is -0.493 e. The Hall–Kier alpha value is -3.94. The zero-order valence-corrected chi connectivity index (χ0v) is 15.3. The quantitative estimate of drug-likeness (QED) is 0.541. The predicted octanol–water partition coefficient (Wildman–Crippen LogP) is 3.97. The normalized spacial score (nSPS) is 10.5. The summed E-state index contributed by atoms with van der Waals surface area (Å²) in [5, 5.41) is 4.12. The highest BCUT2D eigenvalue weighted by atomic mass is 16.5. The van der Waals surface area contributed by atoms with Gasteiger partial charge in [0.15, 0.2) is 17.2 Å². The summed E-state index contributed by atoms with van der Waals surface area (Å²) < 4.78 is 16.4. The second-order valence-corrected chi connectivity index (χ2v) is 5.77. The fourth-order valence-corrected chi connectivity index (χ4v) is 2.70. The molecule has 0 unspecified atom stereocenters. The van der Waals surface area contributed by atoms with Crippen LogP contribution >= 0.6 is 0 Å². The molecule has 0 radical (unpaired) electrons. The van der Waals surface area contributed by atoms with Gasteiger partial charge in [-0.15, -0.1) is 0 Å². The first-order chi connectivity index (χ1) is 13.8. The lowest BCUT2D eigenvalue weighted by Crippen LogP contribution is -1.98. The van der Waals surface area contributed by atoms with Gasteiger partial charge in [0, 0.05) is 17.1 Å². The molecule has 0 saturated heterocycles. The van der Waals surface area contributed by atoms with Gasteiger partial charge in [-0.2, -0.15) is 0 Å². The Balaban J connectivity index is 1.59. The number of fused-ring (bicyclic) bond motifs is 1. The molecule has 8 heteroatoms. The Labute approximate surface area is 161 Å². The zero-order valence-electron chi connectivity index (χ0n) is 15.3. The smallest absolute Gasteiger partial charge is 0.163 e. The zero-order chi connectivity index (χ0) is 19.3. The van der Waals surface area contributed by atoms with E-state index in [9.17, 15) is 0 Å². The van der Waals surface area contributed by atoms with Crippen molar-refractivity contribution in [3.8, 4) is 23.0 Å². The summed E-state index contributed by atoms with van der Waals surface area (Å²) in [6.45, 7) is 0. The highest BCUT2D eigenvalue weighted by Gasteiger charge is 2.11. The van der Waals surface area contributed by atoms with Crippen molar-refractivity contribution in [1.82, 2.24) is 19.9 Å². The molecule has 28 heavy (non-hydrogen) atoms. The molecule has 2 aromatic carbocycles. The molecular weight excluding hydrogens is 358 g/mol. The average molecular weight is 375 g/mol. The monoisotopic (exact) mass is 375 g/mol. The van der Waals surface area contributed by atoms with Crippen LogP contribution in [0.25, 0.3) is 10.9 Å².